The Morgan fingerprint density at radius 1 is 1.24 bits per heavy atom. The van der Waals surface area contributed by atoms with Gasteiger partial charge < -0.3 is 20.5 Å². The van der Waals surface area contributed by atoms with Gasteiger partial charge >= 0.3 is 6.36 Å². The number of rotatable bonds is 4. The highest BCUT2D eigenvalue weighted by Gasteiger charge is 2.32. The van der Waals surface area contributed by atoms with Crippen LogP contribution in [0.2, 0.25) is 5.02 Å². The highest BCUT2D eigenvalue weighted by atomic mass is 35.5. The number of benzene rings is 2. The van der Waals surface area contributed by atoms with E-state index < -0.39 is 18.5 Å². The van der Waals surface area contributed by atoms with Gasteiger partial charge in [0.25, 0.3) is 0 Å². The van der Waals surface area contributed by atoms with Crippen molar-refractivity contribution >= 4 is 35.6 Å². The Bertz CT molecular complexity index is 871. The second-order valence-electron chi connectivity index (χ2n) is 6.41. The number of ether oxygens (including phenoxy) is 1. The fraction of sp³-hybridized carbons (Fsp3) is 0.316. The minimum Gasteiger partial charge on any atom is -0.405 e. The molecule has 0 bridgehead atoms. The Hall–Kier alpha value is -2.00. The lowest BCUT2D eigenvalue weighted by atomic mass is 10.0. The van der Waals surface area contributed by atoms with Crippen molar-refractivity contribution in [2.75, 3.05) is 11.9 Å². The predicted octanol–water partition coefficient (Wildman–Crippen LogP) is 4.62. The number of piperidine rings is 1. The van der Waals surface area contributed by atoms with Crippen molar-refractivity contribution in [2.45, 2.75) is 31.3 Å². The Kier molecular flexibility index (Phi) is 7.76. The molecule has 1 aliphatic heterocycles. The summed E-state index contributed by atoms with van der Waals surface area (Å²) in [6.45, 7) is 0.537. The number of hydrogen-bond acceptors (Lipinski definition) is 4. The molecule has 3 rings (SSSR count). The molecule has 1 aliphatic rings. The Labute approximate surface area is 178 Å². The van der Waals surface area contributed by atoms with E-state index in [2.05, 4.69) is 15.4 Å². The summed E-state index contributed by atoms with van der Waals surface area (Å²) in [4.78, 5) is 12.3. The van der Waals surface area contributed by atoms with Crippen LogP contribution in [0.15, 0.2) is 42.5 Å². The molecule has 0 aliphatic carbocycles. The number of carbonyl (C=O) groups excluding carboxylic acids is 1. The average Bonchev–Trinajstić information content (AvgIpc) is 2.61. The van der Waals surface area contributed by atoms with Gasteiger partial charge in [-0.25, -0.2) is 0 Å². The van der Waals surface area contributed by atoms with E-state index in [0.717, 1.165) is 0 Å². The first-order valence-electron chi connectivity index (χ1n) is 8.60. The second-order valence-corrected chi connectivity index (χ2v) is 6.82. The van der Waals surface area contributed by atoms with Crippen LogP contribution in [0.5, 0.6) is 5.75 Å². The summed E-state index contributed by atoms with van der Waals surface area (Å²) in [5, 5.41) is 15.6. The first kappa shape index (κ1) is 23.3. The maximum absolute atomic E-state index is 12.6. The zero-order valence-corrected chi connectivity index (χ0v) is 16.6. The summed E-state index contributed by atoms with van der Waals surface area (Å²) in [6, 6.07) is 9.66. The van der Waals surface area contributed by atoms with Gasteiger partial charge in [-0.05, 0) is 37.6 Å². The van der Waals surface area contributed by atoms with Crippen molar-refractivity contribution in [3.63, 3.8) is 0 Å². The summed E-state index contributed by atoms with van der Waals surface area (Å²) in [5.41, 5.74) is 0.917. The van der Waals surface area contributed by atoms with Crippen LogP contribution in [0.25, 0.3) is 11.1 Å². The van der Waals surface area contributed by atoms with Gasteiger partial charge in [0.2, 0.25) is 5.91 Å². The standard InChI is InChI=1S/C19H18ClF3N2O3.ClH.H2/c20-15-9-11(25-18(27)16-10-12(26)7-8-24-16)5-6-13(15)14-3-1-2-4-17(14)28-19(21,22)23;;/h1-6,9,12,16,24,26H,7-8,10H2,(H,25,27);2*1H/t12-,16+;;/m0../s1. The van der Waals surface area contributed by atoms with Crippen molar-refractivity contribution in [3.8, 4) is 16.9 Å². The summed E-state index contributed by atoms with van der Waals surface area (Å²) in [5.74, 6) is -0.683. The molecular formula is C19H21Cl2F3N2O3. The largest absolute Gasteiger partial charge is 0.573 e. The van der Waals surface area contributed by atoms with E-state index in [-0.39, 0.29) is 36.1 Å². The maximum atomic E-state index is 12.6. The normalized spacial score (nSPS) is 19.2. The smallest absolute Gasteiger partial charge is 0.405 e. The highest BCUT2D eigenvalue weighted by Crippen LogP contribution is 2.38. The van der Waals surface area contributed by atoms with E-state index in [4.69, 9.17) is 11.6 Å². The third kappa shape index (κ3) is 6.24. The second kappa shape index (κ2) is 9.67. The van der Waals surface area contributed by atoms with E-state index in [1.54, 1.807) is 12.1 Å². The first-order valence-corrected chi connectivity index (χ1v) is 8.98. The van der Waals surface area contributed by atoms with E-state index >= 15 is 0 Å². The van der Waals surface area contributed by atoms with Gasteiger partial charge in [-0.3, -0.25) is 4.79 Å². The number of amides is 1. The van der Waals surface area contributed by atoms with E-state index in [9.17, 15) is 23.1 Å². The van der Waals surface area contributed by atoms with Crippen LogP contribution in [0.3, 0.4) is 0 Å². The highest BCUT2D eigenvalue weighted by molar-refractivity contribution is 6.33. The molecule has 1 saturated heterocycles. The van der Waals surface area contributed by atoms with Gasteiger partial charge in [0.1, 0.15) is 5.75 Å². The van der Waals surface area contributed by atoms with E-state index in [0.29, 0.717) is 30.6 Å². The molecule has 160 valence electrons. The third-order valence-electron chi connectivity index (χ3n) is 4.33. The number of halogens is 5. The topological polar surface area (TPSA) is 70.6 Å². The predicted molar refractivity (Wildman–Crippen MR) is 109 cm³/mol. The molecule has 0 aromatic heterocycles. The lowest BCUT2D eigenvalue weighted by molar-refractivity contribution is -0.274. The zero-order valence-electron chi connectivity index (χ0n) is 15.0. The van der Waals surface area contributed by atoms with Crippen molar-refractivity contribution in [1.82, 2.24) is 5.32 Å². The summed E-state index contributed by atoms with van der Waals surface area (Å²) in [7, 11) is 0. The van der Waals surface area contributed by atoms with Gasteiger partial charge in [-0.15, -0.1) is 25.6 Å². The molecule has 29 heavy (non-hydrogen) atoms. The molecule has 3 N–H and O–H groups in total. The van der Waals surface area contributed by atoms with Gasteiger partial charge in [-0.2, -0.15) is 0 Å². The van der Waals surface area contributed by atoms with Crippen molar-refractivity contribution in [2.24, 2.45) is 0 Å². The molecule has 0 radical (unpaired) electrons. The molecular weight excluding hydrogens is 432 g/mol. The van der Waals surface area contributed by atoms with Crippen LogP contribution in [-0.2, 0) is 4.79 Å². The minimum atomic E-state index is -4.83. The van der Waals surface area contributed by atoms with Crippen molar-refractivity contribution in [1.29, 1.82) is 0 Å². The van der Waals surface area contributed by atoms with Crippen LogP contribution >= 0.6 is 24.0 Å². The number of hydrogen-bond donors (Lipinski definition) is 3. The number of carbonyl (C=O) groups is 1. The molecule has 0 saturated carbocycles. The average molecular weight is 453 g/mol. The lowest BCUT2D eigenvalue weighted by Crippen LogP contribution is -2.47. The van der Waals surface area contributed by atoms with Gasteiger partial charge in [0, 0.05) is 18.2 Å². The van der Waals surface area contributed by atoms with Gasteiger partial charge in [-0.1, -0.05) is 35.9 Å². The Balaban J connectivity index is 0.00000225. The Morgan fingerprint density at radius 2 is 1.97 bits per heavy atom. The van der Waals surface area contributed by atoms with E-state index in [1.807, 2.05) is 0 Å². The van der Waals surface area contributed by atoms with Crippen molar-refractivity contribution in [3.05, 3.63) is 47.5 Å². The fourth-order valence-corrected chi connectivity index (χ4v) is 3.32. The number of aliphatic hydroxyl groups excluding tert-OH is 1. The van der Waals surface area contributed by atoms with Gasteiger partial charge in [0.05, 0.1) is 17.2 Å². The van der Waals surface area contributed by atoms with Crippen LogP contribution in [0.1, 0.15) is 14.3 Å². The maximum Gasteiger partial charge on any atom is 0.573 e. The lowest BCUT2D eigenvalue weighted by Gasteiger charge is -2.26. The SMILES string of the molecule is Cl.O=C(Nc1ccc(-c2ccccc2OC(F)(F)F)c(Cl)c1)[C@H]1C[C@@H](O)CCN1.[HH]. The van der Waals surface area contributed by atoms with Crippen molar-refractivity contribution < 1.29 is 29.2 Å². The van der Waals surface area contributed by atoms with Crippen LogP contribution in [-0.4, -0.2) is 36.1 Å². The first-order chi connectivity index (χ1) is 13.2. The molecule has 0 unspecified atom stereocenters. The number of para-hydroxylation sites is 1. The molecule has 2 atom stereocenters. The number of aliphatic hydroxyl groups is 1. The molecule has 2 aromatic carbocycles. The molecule has 2 aromatic rings. The molecule has 1 heterocycles. The minimum absolute atomic E-state index is 0. The molecule has 1 fully saturated rings. The zero-order chi connectivity index (χ0) is 20.3. The number of anilines is 1. The van der Waals surface area contributed by atoms with Crippen LogP contribution < -0.4 is 15.4 Å². The van der Waals surface area contributed by atoms with Crippen LogP contribution in [0.4, 0.5) is 18.9 Å². The van der Waals surface area contributed by atoms with E-state index in [1.165, 1.54) is 30.3 Å². The molecule has 1 amide bonds. The quantitative estimate of drug-likeness (QED) is 0.632. The summed E-state index contributed by atoms with van der Waals surface area (Å²) >= 11 is 6.26. The molecule has 10 heteroatoms. The monoisotopic (exact) mass is 452 g/mol. The Morgan fingerprint density at radius 3 is 2.62 bits per heavy atom. The summed E-state index contributed by atoms with van der Waals surface area (Å²) in [6.07, 6.45) is -4.47. The fourth-order valence-electron chi connectivity index (χ4n) is 3.04. The number of alkyl halides is 3. The number of nitrogens with one attached hydrogen (secondary N) is 2. The molecule has 0 spiro atoms. The molecule has 5 nitrogen and oxygen atoms in total. The van der Waals surface area contributed by atoms with Gasteiger partial charge in [0.15, 0.2) is 0 Å². The third-order valence-corrected chi connectivity index (χ3v) is 4.64. The van der Waals surface area contributed by atoms with Crippen LogP contribution in [0, 0.1) is 0 Å². The summed E-state index contributed by atoms with van der Waals surface area (Å²) < 4.78 is 41.9.